The molecule has 27 heavy (non-hydrogen) atoms. The molecule has 1 N–H and O–H groups in total. The van der Waals surface area contributed by atoms with Gasteiger partial charge in [-0.2, -0.15) is 0 Å². The minimum atomic E-state index is -0.751. The lowest BCUT2D eigenvalue weighted by Crippen LogP contribution is -2.29. The van der Waals surface area contributed by atoms with E-state index in [4.69, 9.17) is 9.57 Å². The number of amides is 1. The molecule has 0 spiro atoms. The average Bonchev–Trinajstić information content (AvgIpc) is 3.02. The number of benzene rings is 2. The molecule has 0 saturated carbocycles. The highest BCUT2D eigenvalue weighted by Crippen LogP contribution is 2.44. The zero-order chi connectivity index (χ0) is 19.1. The molecule has 1 aliphatic rings. The van der Waals surface area contributed by atoms with Crippen LogP contribution in [0.15, 0.2) is 48.5 Å². The molecular formula is C22H25NO4. The first-order valence-electron chi connectivity index (χ1n) is 9.51. The SMILES string of the molecule is CCCCCCC(=O)ONC(=O)OCC1c2ccccc2-c2ccccc21. The average molecular weight is 367 g/mol. The van der Waals surface area contributed by atoms with Crippen molar-refractivity contribution in [2.75, 3.05) is 6.61 Å². The Kier molecular flexibility index (Phi) is 6.47. The van der Waals surface area contributed by atoms with Crippen LogP contribution in [0.5, 0.6) is 0 Å². The maximum atomic E-state index is 11.9. The van der Waals surface area contributed by atoms with Crippen LogP contribution < -0.4 is 5.48 Å². The van der Waals surface area contributed by atoms with Crippen LogP contribution in [0.4, 0.5) is 4.79 Å². The quantitative estimate of drug-likeness (QED) is 0.555. The fourth-order valence-electron chi connectivity index (χ4n) is 3.47. The van der Waals surface area contributed by atoms with Gasteiger partial charge in [-0.3, -0.25) is 0 Å². The van der Waals surface area contributed by atoms with Crippen molar-refractivity contribution in [1.82, 2.24) is 5.48 Å². The van der Waals surface area contributed by atoms with E-state index in [1.807, 2.05) is 24.3 Å². The van der Waals surface area contributed by atoms with Gasteiger partial charge in [-0.05, 0) is 28.7 Å². The van der Waals surface area contributed by atoms with Crippen LogP contribution in [0.2, 0.25) is 0 Å². The number of ether oxygens (including phenoxy) is 1. The molecule has 0 bridgehead atoms. The summed E-state index contributed by atoms with van der Waals surface area (Å²) in [6.07, 6.45) is 3.48. The van der Waals surface area contributed by atoms with Crippen LogP contribution in [0.25, 0.3) is 11.1 Å². The third kappa shape index (κ3) is 4.67. The number of rotatable bonds is 7. The van der Waals surface area contributed by atoms with Gasteiger partial charge in [0.05, 0.1) is 0 Å². The summed E-state index contributed by atoms with van der Waals surface area (Å²) in [5.41, 5.74) is 6.70. The first kappa shape index (κ1) is 19.0. The van der Waals surface area contributed by atoms with E-state index in [0.717, 1.165) is 36.8 Å². The van der Waals surface area contributed by atoms with Gasteiger partial charge in [0.1, 0.15) is 6.61 Å². The Bertz CT molecular complexity index is 757. The second-order valence-electron chi connectivity index (χ2n) is 6.71. The van der Waals surface area contributed by atoms with Gasteiger partial charge in [0.2, 0.25) is 0 Å². The van der Waals surface area contributed by atoms with Crippen molar-refractivity contribution in [2.45, 2.75) is 44.9 Å². The smallest absolute Gasteiger partial charge is 0.440 e. The van der Waals surface area contributed by atoms with Crippen LogP contribution in [0, 0.1) is 0 Å². The topological polar surface area (TPSA) is 64.6 Å². The molecule has 0 aliphatic heterocycles. The third-order valence-corrected chi connectivity index (χ3v) is 4.83. The molecule has 0 fully saturated rings. The molecule has 5 nitrogen and oxygen atoms in total. The molecule has 142 valence electrons. The Morgan fingerprint density at radius 3 is 2.19 bits per heavy atom. The number of hydrogen-bond donors (Lipinski definition) is 1. The van der Waals surface area contributed by atoms with Gasteiger partial charge in [-0.25, -0.2) is 9.59 Å². The van der Waals surface area contributed by atoms with Gasteiger partial charge < -0.3 is 9.57 Å². The van der Waals surface area contributed by atoms with E-state index in [1.165, 1.54) is 11.1 Å². The van der Waals surface area contributed by atoms with Crippen LogP contribution in [-0.4, -0.2) is 18.7 Å². The van der Waals surface area contributed by atoms with Gasteiger partial charge in [-0.1, -0.05) is 74.7 Å². The zero-order valence-electron chi connectivity index (χ0n) is 15.6. The highest BCUT2D eigenvalue weighted by atomic mass is 16.7. The minimum absolute atomic E-state index is 0.0205. The first-order chi connectivity index (χ1) is 13.2. The van der Waals surface area contributed by atoms with E-state index in [2.05, 4.69) is 36.7 Å². The number of carbonyl (C=O) groups is 2. The van der Waals surface area contributed by atoms with Crippen LogP contribution in [-0.2, 0) is 14.4 Å². The molecule has 1 amide bonds. The number of fused-ring (bicyclic) bond motifs is 3. The molecule has 0 atom stereocenters. The molecule has 0 saturated heterocycles. The minimum Gasteiger partial charge on any atom is -0.446 e. The van der Waals surface area contributed by atoms with Crippen molar-refractivity contribution < 1.29 is 19.2 Å². The Balaban J connectivity index is 1.50. The number of unbranched alkanes of at least 4 members (excludes halogenated alkanes) is 3. The maximum Gasteiger partial charge on any atom is 0.440 e. The van der Waals surface area contributed by atoms with Crippen molar-refractivity contribution in [2.24, 2.45) is 0 Å². The lowest BCUT2D eigenvalue weighted by atomic mass is 9.98. The van der Waals surface area contributed by atoms with E-state index in [0.29, 0.717) is 6.42 Å². The fraction of sp³-hybridized carbons (Fsp3) is 0.364. The van der Waals surface area contributed by atoms with Gasteiger partial charge in [0.25, 0.3) is 0 Å². The summed E-state index contributed by atoms with van der Waals surface area (Å²) < 4.78 is 5.31. The van der Waals surface area contributed by atoms with Crippen molar-refractivity contribution in [3.63, 3.8) is 0 Å². The third-order valence-electron chi connectivity index (χ3n) is 4.83. The van der Waals surface area contributed by atoms with E-state index < -0.39 is 12.1 Å². The first-order valence-corrected chi connectivity index (χ1v) is 9.51. The van der Waals surface area contributed by atoms with Crippen molar-refractivity contribution in [1.29, 1.82) is 0 Å². The molecule has 5 heteroatoms. The summed E-state index contributed by atoms with van der Waals surface area (Å²) in [5.74, 6) is -0.465. The number of hydroxylamine groups is 1. The fourth-order valence-corrected chi connectivity index (χ4v) is 3.47. The van der Waals surface area contributed by atoms with Gasteiger partial charge in [0.15, 0.2) is 0 Å². The zero-order valence-corrected chi connectivity index (χ0v) is 15.6. The highest BCUT2D eigenvalue weighted by molar-refractivity contribution is 5.79. The molecule has 0 unspecified atom stereocenters. The standard InChI is InChI=1S/C22H25NO4/c1-2-3-4-5-14-21(24)27-23-22(25)26-15-20-18-12-8-6-10-16(18)17-11-7-9-13-19(17)20/h6-13,20H,2-5,14-15H2,1H3,(H,23,25). The van der Waals surface area contributed by atoms with Crippen LogP contribution in [0.1, 0.15) is 56.1 Å². The largest absolute Gasteiger partial charge is 0.446 e. The molecule has 0 aromatic heterocycles. The van der Waals surface area contributed by atoms with Crippen LogP contribution in [0.3, 0.4) is 0 Å². The Morgan fingerprint density at radius 1 is 0.926 bits per heavy atom. The summed E-state index contributed by atoms with van der Waals surface area (Å²) in [4.78, 5) is 28.3. The number of hydrogen-bond acceptors (Lipinski definition) is 4. The molecule has 0 radical (unpaired) electrons. The molecule has 1 aliphatic carbocycles. The predicted molar refractivity (Wildman–Crippen MR) is 103 cm³/mol. The second kappa shape index (κ2) is 9.21. The Morgan fingerprint density at radius 2 is 1.56 bits per heavy atom. The van der Waals surface area contributed by atoms with E-state index >= 15 is 0 Å². The molecule has 0 heterocycles. The molecular weight excluding hydrogens is 342 g/mol. The summed E-state index contributed by atoms with van der Waals surface area (Å²) in [6, 6.07) is 16.2. The molecule has 2 aromatic carbocycles. The summed E-state index contributed by atoms with van der Waals surface area (Å²) in [6.45, 7) is 2.30. The number of nitrogens with one attached hydrogen (secondary N) is 1. The van der Waals surface area contributed by atoms with Crippen LogP contribution >= 0.6 is 0 Å². The number of carbonyl (C=O) groups excluding carboxylic acids is 2. The van der Waals surface area contributed by atoms with Crippen molar-refractivity contribution in [3.05, 3.63) is 59.7 Å². The lowest BCUT2D eigenvalue weighted by Gasteiger charge is -2.14. The second-order valence-corrected chi connectivity index (χ2v) is 6.71. The van der Waals surface area contributed by atoms with E-state index in [-0.39, 0.29) is 12.5 Å². The predicted octanol–water partition coefficient (Wildman–Crippen LogP) is 4.95. The van der Waals surface area contributed by atoms with Gasteiger partial charge in [0, 0.05) is 12.3 Å². The Hall–Kier alpha value is -2.82. The lowest BCUT2D eigenvalue weighted by molar-refractivity contribution is -0.149. The summed E-state index contributed by atoms with van der Waals surface area (Å²) >= 11 is 0. The monoisotopic (exact) mass is 367 g/mol. The van der Waals surface area contributed by atoms with Crippen molar-refractivity contribution in [3.8, 4) is 11.1 Å². The normalized spacial score (nSPS) is 12.2. The van der Waals surface area contributed by atoms with Crippen molar-refractivity contribution >= 4 is 12.1 Å². The Labute approximate surface area is 159 Å². The van der Waals surface area contributed by atoms with Gasteiger partial charge in [-0.15, -0.1) is 5.48 Å². The highest BCUT2D eigenvalue weighted by Gasteiger charge is 2.29. The van der Waals surface area contributed by atoms with E-state index in [1.54, 1.807) is 0 Å². The molecule has 3 rings (SSSR count). The van der Waals surface area contributed by atoms with E-state index in [9.17, 15) is 9.59 Å². The summed E-state index contributed by atoms with van der Waals surface area (Å²) in [5, 5.41) is 0. The summed E-state index contributed by atoms with van der Waals surface area (Å²) in [7, 11) is 0. The van der Waals surface area contributed by atoms with Gasteiger partial charge >= 0.3 is 12.1 Å². The molecule has 2 aromatic rings. The maximum absolute atomic E-state index is 11.9.